The molecule has 1 amide bonds. The number of aryl methyl sites for hydroxylation is 1. The van der Waals surface area contributed by atoms with Crippen LogP contribution in [0.4, 0.5) is 0 Å². The summed E-state index contributed by atoms with van der Waals surface area (Å²) in [6, 6.07) is 34.6. The third-order valence-corrected chi connectivity index (χ3v) is 11.2. The largest absolute Gasteiger partial charge is 0.311 e. The van der Waals surface area contributed by atoms with Gasteiger partial charge in [-0.2, -0.15) is 0 Å². The minimum absolute atomic E-state index is 0.0242. The van der Waals surface area contributed by atoms with Crippen molar-refractivity contribution in [1.82, 2.24) is 4.72 Å². The van der Waals surface area contributed by atoms with Gasteiger partial charge in [0.2, 0.25) is 5.31 Å². The number of benzene rings is 4. The highest BCUT2D eigenvalue weighted by Crippen LogP contribution is 2.61. The molecule has 0 fully saturated rings. The van der Waals surface area contributed by atoms with Crippen LogP contribution in [-0.2, 0) is 14.8 Å². The predicted molar refractivity (Wildman–Crippen MR) is 143 cm³/mol. The van der Waals surface area contributed by atoms with Crippen LogP contribution >= 0.6 is 7.26 Å². The Bertz CT molecular complexity index is 1390. The normalized spacial score (nSPS) is 11.3. The molecule has 174 valence electrons. The van der Waals surface area contributed by atoms with Gasteiger partial charge < -0.3 is 0 Å². The highest BCUT2D eigenvalue weighted by molar-refractivity contribution is 8.00. The van der Waals surface area contributed by atoms with Gasteiger partial charge >= 0.3 is 5.91 Å². The number of rotatable bonds is 7. The molecule has 4 aromatic rings. The molecule has 0 saturated carbocycles. The van der Waals surface area contributed by atoms with Crippen molar-refractivity contribution in [2.75, 3.05) is 0 Å². The summed E-state index contributed by atoms with van der Waals surface area (Å²) in [5, 5.41) is 10.6. The van der Waals surface area contributed by atoms with E-state index in [0.717, 1.165) is 21.5 Å². The first kappa shape index (κ1) is 24.3. The maximum atomic E-state index is 13.7. The van der Waals surface area contributed by atoms with Gasteiger partial charge in [-0.25, -0.2) is 13.1 Å². The zero-order chi connectivity index (χ0) is 24.9. The molecule has 7 heteroatoms. The fourth-order valence-electron chi connectivity index (χ4n) is 4.03. The van der Waals surface area contributed by atoms with Crippen LogP contribution in [0, 0.1) is 12.3 Å². The van der Waals surface area contributed by atoms with Crippen molar-refractivity contribution in [3.8, 4) is 0 Å². The third kappa shape index (κ3) is 4.73. The first-order chi connectivity index (χ1) is 16.9. The van der Waals surface area contributed by atoms with Crippen molar-refractivity contribution >= 4 is 45.0 Å². The van der Waals surface area contributed by atoms with Crippen LogP contribution in [-0.4, -0.2) is 20.2 Å². The molecule has 0 aliphatic carbocycles. The van der Waals surface area contributed by atoms with Gasteiger partial charge in [-0.1, -0.05) is 72.3 Å². The van der Waals surface area contributed by atoms with Crippen molar-refractivity contribution in [3.63, 3.8) is 0 Å². The van der Waals surface area contributed by atoms with E-state index in [-0.39, 0.29) is 10.2 Å². The van der Waals surface area contributed by atoms with Crippen LogP contribution < -0.4 is 20.6 Å². The van der Waals surface area contributed by atoms with Gasteiger partial charge in [0.25, 0.3) is 10.0 Å². The van der Waals surface area contributed by atoms with Crippen molar-refractivity contribution in [3.05, 3.63) is 126 Å². The van der Waals surface area contributed by atoms with E-state index >= 15 is 0 Å². The van der Waals surface area contributed by atoms with Crippen molar-refractivity contribution in [2.45, 2.75) is 11.8 Å². The molecular weight excluding hydrogens is 475 g/mol. The summed E-state index contributed by atoms with van der Waals surface area (Å²) in [5.41, 5.74) is 0.900. The lowest BCUT2D eigenvalue weighted by molar-refractivity contribution is -0.115. The lowest BCUT2D eigenvalue weighted by Crippen LogP contribution is -2.40. The quantitative estimate of drug-likeness (QED) is 0.230. The molecule has 0 atom stereocenters. The zero-order valence-electron chi connectivity index (χ0n) is 19.0. The summed E-state index contributed by atoms with van der Waals surface area (Å²) >= 11 is 0. The van der Waals surface area contributed by atoms with Crippen LogP contribution in [0.2, 0.25) is 0 Å². The molecule has 0 aliphatic heterocycles. The Balaban J connectivity index is 1.94. The number of sulfonamides is 1. The monoisotopic (exact) mass is 499 g/mol. The average Bonchev–Trinajstić information content (AvgIpc) is 2.88. The molecule has 0 aliphatic rings. The Hall–Kier alpha value is -3.82. The topological polar surface area (TPSA) is 87.1 Å². The lowest BCUT2D eigenvalue weighted by atomic mass is 10.2. The van der Waals surface area contributed by atoms with Gasteiger partial charge in [-0.3, -0.25) is 10.2 Å². The van der Waals surface area contributed by atoms with Gasteiger partial charge in [0.15, 0.2) is 7.26 Å². The molecule has 4 rings (SSSR count). The number of amides is 1. The predicted octanol–water partition coefficient (Wildman–Crippen LogP) is 3.93. The molecule has 5 nitrogen and oxygen atoms in total. The number of carbonyl (C=O) groups excluding carboxylic acids is 1. The van der Waals surface area contributed by atoms with E-state index < -0.39 is 23.2 Å². The fourth-order valence-corrected chi connectivity index (χ4v) is 9.12. The van der Waals surface area contributed by atoms with Gasteiger partial charge in [-0.15, -0.1) is 0 Å². The van der Waals surface area contributed by atoms with Crippen LogP contribution in [0.3, 0.4) is 0 Å². The SMILES string of the molecule is Cc1ccc(S(=O)(=O)NC(=O)C(=C=N)[P+](c2ccccc2)(c2ccccc2)c2ccccc2)cc1. The molecule has 35 heavy (non-hydrogen) atoms. The Morgan fingerprint density at radius 3 is 1.49 bits per heavy atom. The standard InChI is InChI=1S/C28H23N2O3PS/c1-22-17-19-26(20-18-22)35(32,33)30-28(31)27(21-29)34(23-11-5-2-6-12-23,24-13-7-3-8-14-24)25-15-9-4-10-16-25/h2-20,29H,1H3/p+1. The molecule has 0 aromatic heterocycles. The summed E-state index contributed by atoms with van der Waals surface area (Å²) in [4.78, 5) is 13.7. The van der Waals surface area contributed by atoms with Gasteiger partial charge in [0.05, 0.1) is 4.90 Å². The van der Waals surface area contributed by atoms with Crippen molar-refractivity contribution < 1.29 is 13.2 Å². The Morgan fingerprint density at radius 1 is 0.714 bits per heavy atom. The van der Waals surface area contributed by atoms with Gasteiger partial charge in [0, 0.05) is 5.87 Å². The molecule has 0 spiro atoms. The summed E-state index contributed by atoms with van der Waals surface area (Å²) < 4.78 is 28.4. The minimum atomic E-state index is -4.16. The summed E-state index contributed by atoms with van der Waals surface area (Å²) in [6.07, 6.45) is 0. The first-order valence-electron chi connectivity index (χ1n) is 10.9. The van der Waals surface area contributed by atoms with E-state index in [4.69, 9.17) is 5.41 Å². The van der Waals surface area contributed by atoms with Crippen LogP contribution in [0.1, 0.15) is 5.56 Å². The molecule has 0 saturated heterocycles. The van der Waals surface area contributed by atoms with Crippen molar-refractivity contribution in [2.24, 2.45) is 0 Å². The molecule has 2 N–H and O–H groups in total. The Kier molecular flexibility index (Phi) is 7.09. The first-order valence-corrected chi connectivity index (χ1v) is 14.2. The fraction of sp³-hybridized carbons (Fsp3) is 0.0357. The summed E-state index contributed by atoms with van der Waals surface area (Å²) in [7, 11) is -7.13. The Morgan fingerprint density at radius 2 is 1.11 bits per heavy atom. The number of hydrogen-bond donors (Lipinski definition) is 2. The summed E-state index contributed by atoms with van der Waals surface area (Å²) in [5.74, 6) is 1.49. The maximum absolute atomic E-state index is 13.7. The third-order valence-electron chi connectivity index (χ3n) is 5.66. The van der Waals surface area contributed by atoms with Gasteiger partial charge in [0.1, 0.15) is 15.9 Å². The maximum Gasteiger partial charge on any atom is 0.311 e. The number of nitrogens with one attached hydrogen (secondary N) is 2. The second kappa shape index (κ2) is 10.2. The number of carbonyl (C=O) groups is 1. The molecule has 0 radical (unpaired) electrons. The number of hydrogen-bond acceptors (Lipinski definition) is 4. The molecule has 0 bridgehead atoms. The van der Waals surface area contributed by atoms with E-state index in [0.29, 0.717) is 0 Å². The summed E-state index contributed by atoms with van der Waals surface area (Å²) in [6.45, 7) is 1.85. The Labute approximate surface area is 206 Å². The average molecular weight is 500 g/mol. The van der Waals surface area contributed by atoms with Crippen LogP contribution in [0.25, 0.3) is 0 Å². The molecule has 4 aromatic carbocycles. The molecule has 0 heterocycles. The second-order valence-corrected chi connectivity index (χ2v) is 12.9. The second-order valence-electron chi connectivity index (χ2n) is 7.90. The minimum Gasteiger partial charge on any atom is -0.263 e. The lowest BCUT2D eigenvalue weighted by Gasteiger charge is -2.27. The van der Waals surface area contributed by atoms with Crippen molar-refractivity contribution in [1.29, 1.82) is 5.41 Å². The highest BCUT2D eigenvalue weighted by atomic mass is 32.2. The van der Waals surface area contributed by atoms with Crippen LogP contribution in [0.15, 0.2) is 125 Å². The zero-order valence-corrected chi connectivity index (χ0v) is 20.8. The van der Waals surface area contributed by atoms with E-state index in [1.54, 1.807) is 12.1 Å². The highest BCUT2D eigenvalue weighted by Gasteiger charge is 2.53. The van der Waals surface area contributed by atoms with Gasteiger partial charge in [-0.05, 0) is 55.5 Å². The smallest absolute Gasteiger partial charge is 0.263 e. The van der Waals surface area contributed by atoms with E-state index in [1.807, 2.05) is 97.9 Å². The van der Waals surface area contributed by atoms with E-state index in [9.17, 15) is 13.2 Å². The molecule has 0 unspecified atom stereocenters. The van der Waals surface area contributed by atoms with E-state index in [2.05, 4.69) is 10.6 Å². The molecular formula is C28H24N2O3PS+. The van der Waals surface area contributed by atoms with Crippen LogP contribution in [0.5, 0.6) is 0 Å². The van der Waals surface area contributed by atoms with E-state index in [1.165, 1.54) is 12.1 Å².